The maximum atomic E-state index is 12.5. The Morgan fingerprint density at radius 1 is 1.21 bits per heavy atom. The number of hydrogen-bond donors (Lipinski definition) is 2. The summed E-state index contributed by atoms with van der Waals surface area (Å²) >= 11 is 13.0. The molecule has 3 aromatic rings. The molecule has 1 amide bonds. The molecule has 0 radical (unpaired) electrons. The van der Waals surface area contributed by atoms with E-state index in [-0.39, 0.29) is 11.0 Å². The van der Waals surface area contributed by atoms with E-state index in [4.69, 9.17) is 23.8 Å². The lowest BCUT2D eigenvalue weighted by atomic mass is 10.1. The van der Waals surface area contributed by atoms with Crippen LogP contribution in [0.2, 0.25) is 5.02 Å². The maximum Gasteiger partial charge on any atom is 0.258 e. The van der Waals surface area contributed by atoms with Crippen molar-refractivity contribution in [1.29, 1.82) is 0 Å². The van der Waals surface area contributed by atoms with Crippen molar-refractivity contribution in [1.82, 2.24) is 20.2 Å². The fourth-order valence-electron chi connectivity index (χ4n) is 2.56. The summed E-state index contributed by atoms with van der Waals surface area (Å²) in [6.45, 7) is 3.88. The Kier molecular flexibility index (Phi) is 7.24. The molecular weight excluding hydrogens is 426 g/mol. The number of carbonyl (C=O) groups excluding carboxylic acids is 1. The van der Waals surface area contributed by atoms with Gasteiger partial charge >= 0.3 is 0 Å². The summed E-state index contributed by atoms with van der Waals surface area (Å²) in [6.07, 6.45) is 0.659. The van der Waals surface area contributed by atoms with Crippen molar-refractivity contribution in [3.63, 3.8) is 0 Å². The number of benzene rings is 2. The van der Waals surface area contributed by atoms with E-state index in [2.05, 4.69) is 33.1 Å². The number of aryl methyl sites for hydroxylation is 2. The molecule has 29 heavy (non-hydrogen) atoms. The molecule has 0 atom stereocenters. The van der Waals surface area contributed by atoms with Crippen LogP contribution in [-0.4, -0.2) is 25.9 Å². The van der Waals surface area contributed by atoms with E-state index < -0.39 is 0 Å². The van der Waals surface area contributed by atoms with Crippen LogP contribution in [0.3, 0.4) is 0 Å². The molecule has 0 saturated heterocycles. The van der Waals surface area contributed by atoms with Gasteiger partial charge in [0.15, 0.2) is 10.9 Å². The van der Waals surface area contributed by atoms with Crippen LogP contribution in [0.4, 0.5) is 0 Å². The van der Waals surface area contributed by atoms with Crippen molar-refractivity contribution in [3.05, 3.63) is 76.1 Å². The summed E-state index contributed by atoms with van der Waals surface area (Å²) < 4.78 is 1.70. The van der Waals surface area contributed by atoms with Gasteiger partial charge in [-0.2, -0.15) is 0 Å². The van der Waals surface area contributed by atoms with E-state index in [1.165, 1.54) is 17.3 Å². The van der Waals surface area contributed by atoms with Crippen molar-refractivity contribution in [2.75, 3.05) is 5.43 Å². The van der Waals surface area contributed by atoms with Crippen LogP contribution in [0, 0.1) is 6.92 Å². The van der Waals surface area contributed by atoms with Crippen LogP contribution in [-0.2, 0) is 12.2 Å². The number of nitrogens with zero attached hydrogens (tertiary/aromatic N) is 3. The fraction of sp³-hybridized carbons (Fsp3) is 0.200. The zero-order valence-corrected chi connectivity index (χ0v) is 18.4. The standard InChI is InChI=1S/C20H20ClN5OS2/c1-3-17-23-24-20(29-12-14-7-5-4-6-8-14)26(17)25-19(28)22-18(27)15-10-9-13(2)11-16(15)21/h4-11H,3,12H2,1-2H3,(H2,22,25,27,28). The predicted molar refractivity (Wildman–Crippen MR) is 121 cm³/mol. The zero-order valence-electron chi connectivity index (χ0n) is 16.0. The number of amides is 1. The summed E-state index contributed by atoms with van der Waals surface area (Å²) in [5, 5.41) is 12.3. The molecule has 9 heteroatoms. The maximum absolute atomic E-state index is 12.5. The van der Waals surface area contributed by atoms with Crippen molar-refractivity contribution in [3.8, 4) is 0 Å². The normalized spacial score (nSPS) is 10.6. The van der Waals surface area contributed by atoms with Gasteiger partial charge in [0.2, 0.25) is 5.16 Å². The molecule has 0 unspecified atom stereocenters. The third-order valence-corrected chi connectivity index (χ3v) is 5.54. The Morgan fingerprint density at radius 2 is 1.97 bits per heavy atom. The van der Waals surface area contributed by atoms with E-state index in [0.717, 1.165) is 11.3 Å². The first-order valence-electron chi connectivity index (χ1n) is 8.97. The van der Waals surface area contributed by atoms with Crippen molar-refractivity contribution in [2.45, 2.75) is 31.2 Å². The molecule has 0 spiro atoms. The highest BCUT2D eigenvalue weighted by molar-refractivity contribution is 7.98. The Balaban J connectivity index is 1.69. The van der Waals surface area contributed by atoms with Gasteiger partial charge in [-0.1, -0.05) is 66.7 Å². The molecule has 150 valence electrons. The van der Waals surface area contributed by atoms with Crippen LogP contribution >= 0.6 is 35.6 Å². The third kappa shape index (κ3) is 5.56. The van der Waals surface area contributed by atoms with Gasteiger partial charge in [-0.25, -0.2) is 4.68 Å². The van der Waals surface area contributed by atoms with Crippen molar-refractivity contribution < 1.29 is 4.79 Å². The number of thioether (sulfide) groups is 1. The summed E-state index contributed by atoms with van der Waals surface area (Å²) in [5.41, 5.74) is 5.52. The number of rotatable bonds is 6. The number of hydrogen-bond acceptors (Lipinski definition) is 5. The molecule has 0 aliphatic heterocycles. The second-order valence-electron chi connectivity index (χ2n) is 6.24. The van der Waals surface area contributed by atoms with Crippen molar-refractivity contribution >= 4 is 46.6 Å². The molecule has 2 N–H and O–H groups in total. The molecule has 1 aromatic heterocycles. The van der Waals surface area contributed by atoms with Crippen LogP contribution in [0.5, 0.6) is 0 Å². The van der Waals surface area contributed by atoms with Gasteiger partial charge in [0, 0.05) is 12.2 Å². The SMILES string of the molecule is CCc1nnc(SCc2ccccc2)n1NC(=S)NC(=O)c1ccc(C)cc1Cl. The Morgan fingerprint density at radius 3 is 2.66 bits per heavy atom. The quantitative estimate of drug-likeness (QED) is 0.434. The number of thiocarbonyl (C=S) groups is 1. The smallest absolute Gasteiger partial charge is 0.258 e. The first kappa shape index (κ1) is 21.3. The number of carbonyl (C=O) groups is 1. The fourth-order valence-corrected chi connectivity index (χ4v) is 3.93. The third-order valence-electron chi connectivity index (χ3n) is 4.04. The minimum absolute atomic E-state index is 0.141. The Hall–Kier alpha value is -2.42. The van der Waals surface area contributed by atoms with E-state index in [1.807, 2.05) is 38.1 Å². The highest BCUT2D eigenvalue weighted by atomic mass is 35.5. The van der Waals surface area contributed by atoms with E-state index in [9.17, 15) is 4.79 Å². The summed E-state index contributed by atoms with van der Waals surface area (Å²) in [6, 6.07) is 15.3. The Labute approximate surface area is 184 Å². The van der Waals surface area contributed by atoms with E-state index >= 15 is 0 Å². The first-order valence-corrected chi connectivity index (χ1v) is 10.7. The molecule has 6 nitrogen and oxygen atoms in total. The minimum Gasteiger partial charge on any atom is -0.298 e. The molecule has 0 aliphatic carbocycles. The lowest BCUT2D eigenvalue weighted by Gasteiger charge is -2.14. The number of nitrogens with one attached hydrogen (secondary N) is 2. The Bertz CT molecular complexity index is 1020. The summed E-state index contributed by atoms with van der Waals surface area (Å²) in [4.78, 5) is 12.5. The average molecular weight is 446 g/mol. The minimum atomic E-state index is -0.378. The largest absolute Gasteiger partial charge is 0.298 e. The van der Waals surface area contributed by atoms with Gasteiger partial charge in [-0.15, -0.1) is 10.2 Å². The topological polar surface area (TPSA) is 71.8 Å². The van der Waals surface area contributed by atoms with Gasteiger partial charge in [0.25, 0.3) is 5.91 Å². The molecule has 3 rings (SSSR count). The van der Waals surface area contributed by atoms with Gasteiger partial charge < -0.3 is 0 Å². The van der Waals surface area contributed by atoms with E-state index in [1.54, 1.807) is 16.8 Å². The highest BCUT2D eigenvalue weighted by Gasteiger charge is 2.16. The molecule has 0 bridgehead atoms. The average Bonchev–Trinajstić information content (AvgIpc) is 3.08. The molecule has 0 saturated carbocycles. The highest BCUT2D eigenvalue weighted by Crippen LogP contribution is 2.21. The molecule has 2 aromatic carbocycles. The number of halogens is 1. The first-order chi connectivity index (χ1) is 14.0. The molecule has 1 heterocycles. The zero-order chi connectivity index (χ0) is 20.8. The van der Waals surface area contributed by atoms with E-state index in [0.29, 0.717) is 28.0 Å². The second-order valence-corrected chi connectivity index (χ2v) is 8.00. The molecular formula is C20H20ClN5OS2. The van der Waals surface area contributed by atoms with Crippen LogP contribution < -0.4 is 10.7 Å². The predicted octanol–water partition coefficient (Wildman–Crippen LogP) is 4.35. The monoisotopic (exact) mass is 445 g/mol. The van der Waals surface area contributed by atoms with Crippen LogP contribution in [0.15, 0.2) is 53.7 Å². The van der Waals surface area contributed by atoms with Gasteiger partial charge in [0.1, 0.15) is 0 Å². The summed E-state index contributed by atoms with van der Waals surface area (Å²) in [5.74, 6) is 1.07. The number of aromatic nitrogens is 3. The van der Waals surface area contributed by atoms with Gasteiger partial charge in [-0.3, -0.25) is 15.5 Å². The van der Waals surface area contributed by atoms with Crippen molar-refractivity contribution in [2.24, 2.45) is 0 Å². The van der Waals surface area contributed by atoms with Crippen LogP contribution in [0.1, 0.15) is 34.2 Å². The summed E-state index contributed by atoms with van der Waals surface area (Å²) in [7, 11) is 0. The van der Waals surface area contributed by atoms with Gasteiger partial charge in [0.05, 0.1) is 10.6 Å². The second kappa shape index (κ2) is 9.87. The molecule has 0 fully saturated rings. The van der Waals surface area contributed by atoms with Crippen LogP contribution in [0.25, 0.3) is 0 Å². The lowest BCUT2D eigenvalue weighted by molar-refractivity contribution is 0.0977. The lowest BCUT2D eigenvalue weighted by Crippen LogP contribution is -2.39. The van der Waals surface area contributed by atoms with Gasteiger partial charge in [-0.05, 0) is 42.4 Å². The molecule has 0 aliphatic rings.